The molecule has 0 bridgehead atoms. The topological polar surface area (TPSA) is 68.3 Å². The van der Waals surface area contributed by atoms with E-state index in [9.17, 15) is 9.59 Å². The van der Waals surface area contributed by atoms with E-state index in [4.69, 9.17) is 4.42 Å². The van der Waals surface area contributed by atoms with Gasteiger partial charge in [-0.1, -0.05) is 17.8 Å². The summed E-state index contributed by atoms with van der Waals surface area (Å²) in [6.45, 7) is 6.33. The van der Waals surface area contributed by atoms with Crippen molar-refractivity contribution in [2.45, 2.75) is 25.2 Å². The van der Waals surface area contributed by atoms with E-state index in [1.807, 2.05) is 24.4 Å². The lowest BCUT2D eigenvalue weighted by atomic mass is 10.4. The van der Waals surface area contributed by atoms with Crippen LogP contribution in [0, 0.1) is 6.92 Å². The summed E-state index contributed by atoms with van der Waals surface area (Å²) in [5.74, 6) is 1.69. The van der Waals surface area contributed by atoms with E-state index in [0.717, 1.165) is 11.5 Å². The van der Waals surface area contributed by atoms with Crippen molar-refractivity contribution in [2.75, 3.05) is 12.8 Å². The number of allylic oxidation sites excluding steroid dienone is 1. The monoisotopic (exact) mass is 389 g/mol. The number of furan rings is 1. The lowest BCUT2D eigenvalue weighted by Crippen LogP contribution is -2.28. The standard InChI is InChI=1S/C18H19N3O3S2/c1-4-8-21-17(23)14-7-9-25-16(14)19-18(21)26-11-15(22)20(3)10-13-6-5-12(2)24-13/h4-7,9H,1,8,10-11H2,2-3H3. The molecular weight excluding hydrogens is 370 g/mol. The Morgan fingerprint density at radius 3 is 2.96 bits per heavy atom. The fraction of sp³-hybridized carbons (Fsp3) is 0.278. The van der Waals surface area contributed by atoms with Crippen molar-refractivity contribution in [1.29, 1.82) is 0 Å². The second-order valence-electron chi connectivity index (χ2n) is 5.79. The summed E-state index contributed by atoms with van der Waals surface area (Å²) in [5.41, 5.74) is -0.106. The first-order valence-corrected chi connectivity index (χ1v) is 9.87. The maximum Gasteiger partial charge on any atom is 0.263 e. The molecule has 3 heterocycles. The van der Waals surface area contributed by atoms with E-state index < -0.39 is 0 Å². The number of aromatic nitrogens is 2. The number of rotatable bonds is 7. The van der Waals surface area contributed by atoms with Crippen molar-refractivity contribution >= 4 is 39.2 Å². The van der Waals surface area contributed by atoms with Crippen molar-refractivity contribution in [1.82, 2.24) is 14.5 Å². The van der Waals surface area contributed by atoms with Crippen LogP contribution in [0.2, 0.25) is 0 Å². The Kier molecular flexibility index (Phi) is 5.63. The van der Waals surface area contributed by atoms with Gasteiger partial charge in [-0.3, -0.25) is 14.2 Å². The molecule has 0 saturated carbocycles. The number of nitrogens with zero attached hydrogens (tertiary/aromatic N) is 3. The minimum atomic E-state index is -0.106. The van der Waals surface area contributed by atoms with Gasteiger partial charge in [0.1, 0.15) is 16.4 Å². The molecule has 0 unspecified atom stereocenters. The van der Waals surface area contributed by atoms with Gasteiger partial charge in [0.2, 0.25) is 5.91 Å². The van der Waals surface area contributed by atoms with Crippen LogP contribution in [0.1, 0.15) is 11.5 Å². The second-order valence-corrected chi connectivity index (χ2v) is 7.63. The highest BCUT2D eigenvalue weighted by Crippen LogP contribution is 2.21. The van der Waals surface area contributed by atoms with Crippen LogP contribution in [0.25, 0.3) is 10.2 Å². The summed E-state index contributed by atoms with van der Waals surface area (Å²) < 4.78 is 7.06. The quantitative estimate of drug-likeness (QED) is 0.352. The molecule has 8 heteroatoms. The van der Waals surface area contributed by atoms with Gasteiger partial charge >= 0.3 is 0 Å². The summed E-state index contributed by atoms with van der Waals surface area (Å²) in [7, 11) is 1.73. The van der Waals surface area contributed by atoms with Crippen LogP contribution in [0.3, 0.4) is 0 Å². The fourth-order valence-electron chi connectivity index (χ4n) is 2.46. The number of amides is 1. The van der Waals surface area contributed by atoms with Crippen LogP contribution in [-0.4, -0.2) is 33.2 Å². The number of hydrogen-bond donors (Lipinski definition) is 0. The summed E-state index contributed by atoms with van der Waals surface area (Å²) in [6.07, 6.45) is 1.65. The molecule has 26 heavy (non-hydrogen) atoms. The summed E-state index contributed by atoms with van der Waals surface area (Å²) in [4.78, 5) is 31.8. The van der Waals surface area contributed by atoms with E-state index in [2.05, 4.69) is 11.6 Å². The van der Waals surface area contributed by atoms with Crippen LogP contribution in [0.5, 0.6) is 0 Å². The van der Waals surface area contributed by atoms with Gasteiger partial charge in [0.15, 0.2) is 5.16 Å². The number of thiophene rings is 1. The number of carbonyl (C=O) groups excluding carboxylic acids is 1. The van der Waals surface area contributed by atoms with E-state index in [1.54, 1.807) is 28.7 Å². The first-order chi connectivity index (χ1) is 12.5. The van der Waals surface area contributed by atoms with Gasteiger partial charge in [-0.25, -0.2) is 4.98 Å². The molecule has 0 aliphatic rings. The maximum absolute atomic E-state index is 12.6. The Morgan fingerprint density at radius 2 is 2.27 bits per heavy atom. The molecule has 0 aliphatic heterocycles. The van der Waals surface area contributed by atoms with Crippen LogP contribution < -0.4 is 5.56 Å². The molecule has 0 atom stereocenters. The molecule has 0 N–H and O–H groups in total. The largest absolute Gasteiger partial charge is 0.464 e. The molecule has 3 aromatic heterocycles. The molecule has 6 nitrogen and oxygen atoms in total. The molecule has 0 fully saturated rings. The van der Waals surface area contributed by atoms with E-state index >= 15 is 0 Å². The zero-order valence-electron chi connectivity index (χ0n) is 14.6. The third-order valence-corrected chi connectivity index (χ3v) is 5.57. The van der Waals surface area contributed by atoms with Crippen molar-refractivity contribution in [3.63, 3.8) is 0 Å². The van der Waals surface area contributed by atoms with Gasteiger partial charge in [-0.05, 0) is 30.5 Å². The average molecular weight is 390 g/mol. The van der Waals surface area contributed by atoms with Gasteiger partial charge in [0, 0.05) is 13.6 Å². The van der Waals surface area contributed by atoms with E-state index in [1.165, 1.54) is 23.1 Å². The third-order valence-electron chi connectivity index (χ3n) is 3.80. The number of carbonyl (C=O) groups is 1. The van der Waals surface area contributed by atoms with Gasteiger partial charge in [-0.2, -0.15) is 0 Å². The zero-order chi connectivity index (χ0) is 18.7. The Labute approximate surface area is 159 Å². The maximum atomic E-state index is 12.6. The van der Waals surface area contributed by atoms with Crippen LogP contribution in [-0.2, 0) is 17.9 Å². The predicted molar refractivity (Wildman–Crippen MR) is 105 cm³/mol. The molecule has 0 aliphatic carbocycles. The first-order valence-electron chi connectivity index (χ1n) is 8.00. The minimum absolute atomic E-state index is 0.0604. The fourth-order valence-corrected chi connectivity index (χ4v) is 4.21. The highest BCUT2D eigenvalue weighted by molar-refractivity contribution is 7.99. The Morgan fingerprint density at radius 1 is 1.46 bits per heavy atom. The van der Waals surface area contributed by atoms with Crippen molar-refractivity contribution in [3.8, 4) is 0 Å². The molecule has 0 aromatic carbocycles. The molecular formula is C18H19N3O3S2. The average Bonchev–Trinajstić information content (AvgIpc) is 3.24. The summed E-state index contributed by atoms with van der Waals surface area (Å²) in [5, 5.41) is 2.97. The minimum Gasteiger partial charge on any atom is -0.464 e. The van der Waals surface area contributed by atoms with Gasteiger partial charge < -0.3 is 9.32 Å². The number of hydrogen-bond acceptors (Lipinski definition) is 6. The summed E-state index contributed by atoms with van der Waals surface area (Å²) >= 11 is 2.68. The number of fused-ring (bicyclic) bond motifs is 1. The van der Waals surface area contributed by atoms with Crippen LogP contribution >= 0.6 is 23.1 Å². The SMILES string of the molecule is C=CCn1c(SCC(=O)N(C)Cc2ccc(C)o2)nc2sccc2c1=O. The first kappa shape index (κ1) is 18.5. The van der Waals surface area contributed by atoms with E-state index in [-0.39, 0.29) is 17.2 Å². The van der Waals surface area contributed by atoms with Gasteiger partial charge in [0.25, 0.3) is 5.56 Å². The van der Waals surface area contributed by atoms with E-state index in [0.29, 0.717) is 28.5 Å². The number of aryl methyl sites for hydroxylation is 1. The summed E-state index contributed by atoms with van der Waals surface area (Å²) in [6, 6.07) is 5.50. The molecule has 1 amide bonds. The van der Waals surface area contributed by atoms with Crippen molar-refractivity contribution in [3.05, 3.63) is 58.1 Å². The Hall–Kier alpha value is -2.32. The molecule has 0 saturated heterocycles. The molecule has 3 aromatic rings. The van der Waals surface area contributed by atoms with Crippen molar-refractivity contribution < 1.29 is 9.21 Å². The Balaban J connectivity index is 1.73. The molecule has 0 radical (unpaired) electrons. The smallest absolute Gasteiger partial charge is 0.263 e. The highest BCUT2D eigenvalue weighted by atomic mass is 32.2. The third kappa shape index (κ3) is 3.91. The normalized spacial score (nSPS) is 11.0. The van der Waals surface area contributed by atoms with Crippen molar-refractivity contribution in [2.24, 2.45) is 0 Å². The lowest BCUT2D eigenvalue weighted by Gasteiger charge is -2.16. The van der Waals surface area contributed by atoms with Crippen LogP contribution in [0.4, 0.5) is 0 Å². The second kappa shape index (κ2) is 7.92. The van der Waals surface area contributed by atoms with Gasteiger partial charge in [-0.15, -0.1) is 17.9 Å². The molecule has 3 rings (SSSR count). The predicted octanol–water partition coefficient (Wildman–Crippen LogP) is 3.30. The molecule has 136 valence electrons. The van der Waals surface area contributed by atoms with Gasteiger partial charge in [0.05, 0.1) is 17.7 Å². The van der Waals surface area contributed by atoms with Crippen LogP contribution in [0.15, 0.2) is 50.6 Å². The Bertz CT molecular complexity index is 1000. The lowest BCUT2D eigenvalue weighted by molar-refractivity contribution is -0.127. The number of thioether (sulfide) groups is 1. The molecule has 0 spiro atoms. The highest BCUT2D eigenvalue weighted by Gasteiger charge is 2.16. The zero-order valence-corrected chi connectivity index (χ0v) is 16.2.